The van der Waals surface area contributed by atoms with Crippen LogP contribution < -0.4 is 5.43 Å². The summed E-state index contributed by atoms with van der Waals surface area (Å²) in [6.45, 7) is 0. The van der Waals surface area contributed by atoms with E-state index in [4.69, 9.17) is 4.42 Å². The topological polar surface area (TPSA) is 54.6 Å². The molecule has 0 aliphatic rings. The minimum Gasteiger partial charge on any atom is -0.459 e. The molecule has 0 saturated heterocycles. The maximum Gasteiger partial charge on any atom is 0.284 e. The number of hydrogen-bond acceptors (Lipinski definition) is 4. The molecule has 0 aliphatic heterocycles. The zero-order valence-electron chi connectivity index (χ0n) is 11.1. The van der Waals surface area contributed by atoms with Crippen LogP contribution in [-0.2, 0) is 5.75 Å². The lowest BCUT2D eigenvalue weighted by atomic mass is 10.2. The molecule has 0 fully saturated rings. The number of nitrogens with zero attached hydrogens (tertiary/aromatic N) is 1. The van der Waals surface area contributed by atoms with Gasteiger partial charge < -0.3 is 4.42 Å². The number of alkyl halides is 2. The van der Waals surface area contributed by atoms with Crippen molar-refractivity contribution >= 4 is 23.9 Å². The van der Waals surface area contributed by atoms with Crippen molar-refractivity contribution in [3.05, 3.63) is 59.3 Å². The van der Waals surface area contributed by atoms with Gasteiger partial charge in [-0.3, -0.25) is 4.79 Å². The van der Waals surface area contributed by atoms with Gasteiger partial charge in [0.1, 0.15) is 17.3 Å². The van der Waals surface area contributed by atoms with Gasteiger partial charge in [0.05, 0.1) is 17.5 Å². The quantitative estimate of drug-likeness (QED) is 0.651. The number of furan rings is 1. The molecule has 0 aliphatic carbocycles. The van der Waals surface area contributed by atoms with Crippen molar-refractivity contribution in [2.45, 2.75) is 11.5 Å². The maximum absolute atomic E-state index is 13.3. The van der Waals surface area contributed by atoms with E-state index in [2.05, 4.69) is 10.5 Å². The minimum atomic E-state index is -2.47. The van der Waals surface area contributed by atoms with E-state index in [0.717, 1.165) is 6.07 Å². The first-order valence-corrected chi connectivity index (χ1v) is 7.17. The van der Waals surface area contributed by atoms with E-state index < -0.39 is 17.5 Å². The molecule has 4 nitrogen and oxygen atoms in total. The second-order valence-corrected chi connectivity index (χ2v) is 5.03. The SMILES string of the molecule is O=C(N/N=C\c1ccc(CSC(F)F)o1)c1ccccc1F. The highest BCUT2D eigenvalue weighted by atomic mass is 32.2. The summed E-state index contributed by atoms with van der Waals surface area (Å²) in [6, 6.07) is 8.55. The van der Waals surface area contributed by atoms with E-state index in [1.165, 1.54) is 36.5 Å². The van der Waals surface area contributed by atoms with Crippen molar-refractivity contribution in [2.75, 3.05) is 0 Å². The van der Waals surface area contributed by atoms with E-state index in [9.17, 15) is 18.0 Å². The van der Waals surface area contributed by atoms with Gasteiger partial charge in [-0.05, 0) is 24.3 Å². The summed E-state index contributed by atoms with van der Waals surface area (Å²) < 4.78 is 42.6. The van der Waals surface area contributed by atoms with Crippen molar-refractivity contribution in [3.63, 3.8) is 0 Å². The molecule has 1 N–H and O–H groups in total. The van der Waals surface area contributed by atoms with Crippen molar-refractivity contribution in [2.24, 2.45) is 5.10 Å². The second kappa shape index (κ2) is 7.69. The summed E-state index contributed by atoms with van der Waals surface area (Å²) >= 11 is 0.442. The molecule has 0 saturated carbocycles. The number of thioether (sulfide) groups is 1. The normalized spacial score (nSPS) is 11.3. The Morgan fingerprint density at radius 1 is 1.32 bits per heavy atom. The smallest absolute Gasteiger partial charge is 0.284 e. The van der Waals surface area contributed by atoms with Gasteiger partial charge in [-0.25, -0.2) is 9.82 Å². The highest BCUT2D eigenvalue weighted by Gasteiger charge is 2.09. The lowest BCUT2D eigenvalue weighted by Crippen LogP contribution is -2.18. The molecule has 1 aromatic heterocycles. The molecule has 116 valence electrons. The molecular weight excluding hydrogens is 317 g/mol. The monoisotopic (exact) mass is 328 g/mol. The molecule has 1 aromatic carbocycles. The van der Waals surface area contributed by atoms with Crippen molar-refractivity contribution in [1.82, 2.24) is 5.43 Å². The fraction of sp³-hybridized carbons (Fsp3) is 0.143. The largest absolute Gasteiger partial charge is 0.459 e. The first kappa shape index (κ1) is 16.2. The van der Waals surface area contributed by atoms with Crippen LogP contribution in [-0.4, -0.2) is 17.9 Å². The van der Waals surface area contributed by atoms with Crippen LogP contribution >= 0.6 is 11.8 Å². The summed E-state index contributed by atoms with van der Waals surface area (Å²) in [4.78, 5) is 11.7. The van der Waals surface area contributed by atoms with Gasteiger partial charge in [0, 0.05) is 0 Å². The van der Waals surface area contributed by atoms with Crippen LogP contribution in [0.1, 0.15) is 21.9 Å². The molecule has 8 heteroatoms. The van der Waals surface area contributed by atoms with Gasteiger partial charge in [0.25, 0.3) is 11.7 Å². The molecule has 0 unspecified atom stereocenters. The third kappa shape index (κ3) is 4.66. The van der Waals surface area contributed by atoms with Crippen LogP contribution in [0.25, 0.3) is 0 Å². The molecule has 0 radical (unpaired) electrons. The molecule has 0 bridgehead atoms. The fourth-order valence-corrected chi connectivity index (χ4v) is 1.99. The van der Waals surface area contributed by atoms with Gasteiger partial charge >= 0.3 is 0 Å². The third-order valence-corrected chi connectivity index (χ3v) is 3.21. The number of hydrazone groups is 1. The summed E-state index contributed by atoms with van der Waals surface area (Å²) in [6.07, 6.45) is 1.20. The van der Waals surface area contributed by atoms with Gasteiger partial charge in [-0.15, -0.1) is 0 Å². The Morgan fingerprint density at radius 3 is 2.82 bits per heavy atom. The third-order valence-electron chi connectivity index (χ3n) is 2.51. The maximum atomic E-state index is 13.3. The molecule has 2 rings (SSSR count). The van der Waals surface area contributed by atoms with E-state index in [1.54, 1.807) is 0 Å². The zero-order valence-corrected chi connectivity index (χ0v) is 11.9. The first-order valence-electron chi connectivity index (χ1n) is 6.12. The van der Waals surface area contributed by atoms with Gasteiger partial charge in [-0.2, -0.15) is 13.9 Å². The Bertz CT molecular complexity index is 674. The molecule has 1 heterocycles. The van der Waals surface area contributed by atoms with Crippen LogP contribution in [0.4, 0.5) is 13.2 Å². The highest BCUT2D eigenvalue weighted by Crippen LogP contribution is 2.20. The number of amides is 1. The molecular formula is C14H11F3N2O2S. The zero-order chi connectivity index (χ0) is 15.9. The van der Waals surface area contributed by atoms with E-state index >= 15 is 0 Å². The Morgan fingerprint density at radius 2 is 2.09 bits per heavy atom. The van der Waals surface area contributed by atoms with Crippen LogP contribution in [0.5, 0.6) is 0 Å². The van der Waals surface area contributed by atoms with Crippen molar-refractivity contribution in [3.8, 4) is 0 Å². The number of rotatable bonds is 6. The molecule has 0 atom stereocenters. The Hall–Kier alpha value is -2.22. The molecule has 1 amide bonds. The number of halogens is 3. The molecule has 2 aromatic rings. The predicted molar refractivity (Wildman–Crippen MR) is 77.5 cm³/mol. The number of carbonyl (C=O) groups is 1. The number of hydrogen-bond donors (Lipinski definition) is 1. The summed E-state index contributed by atoms with van der Waals surface area (Å²) in [5.74, 6) is -3.13. The lowest BCUT2D eigenvalue weighted by Gasteiger charge is -2.00. The number of carbonyl (C=O) groups excluding carboxylic acids is 1. The fourth-order valence-electron chi connectivity index (χ4n) is 1.55. The lowest BCUT2D eigenvalue weighted by molar-refractivity contribution is 0.0951. The molecule has 22 heavy (non-hydrogen) atoms. The van der Waals surface area contributed by atoms with E-state index in [-0.39, 0.29) is 11.3 Å². The van der Waals surface area contributed by atoms with Crippen LogP contribution in [0.15, 0.2) is 45.9 Å². The summed E-state index contributed by atoms with van der Waals surface area (Å²) in [5, 5.41) is 3.63. The van der Waals surface area contributed by atoms with E-state index in [1.807, 2.05) is 0 Å². The molecule has 0 spiro atoms. The Balaban J connectivity index is 1.90. The minimum absolute atomic E-state index is 0.0348. The first-order chi connectivity index (χ1) is 10.6. The van der Waals surface area contributed by atoms with Crippen LogP contribution in [0.3, 0.4) is 0 Å². The number of nitrogens with one attached hydrogen (secondary N) is 1. The Kier molecular flexibility index (Phi) is 5.65. The average Bonchev–Trinajstić information content (AvgIpc) is 2.93. The van der Waals surface area contributed by atoms with E-state index in [0.29, 0.717) is 23.3 Å². The Labute approximate surface area is 128 Å². The van der Waals surface area contributed by atoms with Crippen molar-refractivity contribution in [1.29, 1.82) is 0 Å². The summed E-state index contributed by atoms with van der Waals surface area (Å²) in [7, 11) is 0. The van der Waals surface area contributed by atoms with Crippen LogP contribution in [0, 0.1) is 5.82 Å². The van der Waals surface area contributed by atoms with Gasteiger partial charge in [-0.1, -0.05) is 23.9 Å². The van der Waals surface area contributed by atoms with Crippen molar-refractivity contribution < 1.29 is 22.4 Å². The van der Waals surface area contributed by atoms with Gasteiger partial charge in [0.15, 0.2) is 0 Å². The average molecular weight is 328 g/mol. The second-order valence-electron chi connectivity index (χ2n) is 4.05. The summed E-state index contributed by atoms with van der Waals surface area (Å²) in [5.41, 5.74) is 2.02. The predicted octanol–water partition coefficient (Wildman–Crippen LogP) is 3.64. The standard InChI is InChI=1S/C14H11F3N2O2S/c15-12-4-2-1-3-11(12)13(20)19-18-7-9-5-6-10(21-9)8-22-14(16)17/h1-7,14H,8H2,(H,19,20)/b18-7-. The van der Waals surface area contributed by atoms with Crippen LogP contribution in [0.2, 0.25) is 0 Å². The van der Waals surface area contributed by atoms with Gasteiger partial charge in [0.2, 0.25) is 0 Å². The highest BCUT2D eigenvalue weighted by molar-refractivity contribution is 7.98. The number of benzene rings is 1.